The second-order valence-corrected chi connectivity index (χ2v) is 1.28. The average Bonchev–Trinajstić information content (AvgIpc) is 1.62. The highest BCUT2D eigenvalue weighted by molar-refractivity contribution is 5.88. The Morgan fingerprint density at radius 3 is 1.40 bits per heavy atom. The van der Waals surface area contributed by atoms with Crippen molar-refractivity contribution in [1.29, 1.82) is 0 Å². The van der Waals surface area contributed by atoms with E-state index in [4.69, 9.17) is 15.3 Å². The number of aliphatic carboxylic acids is 2. The van der Waals surface area contributed by atoms with Crippen LogP contribution in [0.25, 0.3) is 0 Å². The fraction of sp³-hybridized carbons (Fsp3) is 0.600. The Morgan fingerprint density at radius 2 is 1.40 bits per heavy atom. The van der Waals surface area contributed by atoms with E-state index in [1.54, 1.807) is 6.92 Å². The maximum absolute atomic E-state index is 9.43. The zero-order valence-electron chi connectivity index (χ0n) is 5.57. The minimum Gasteiger partial charge on any atom is -0.481 e. The van der Waals surface area contributed by atoms with E-state index in [-0.39, 0.29) is 6.61 Å². The van der Waals surface area contributed by atoms with Crippen molar-refractivity contribution in [2.75, 3.05) is 6.61 Å². The first-order valence-electron chi connectivity index (χ1n) is 2.59. The molecule has 0 aromatic rings. The average molecular weight is 150 g/mol. The normalized spacial score (nSPS) is 7.40. The Kier molecular flexibility index (Phi) is 9.22. The van der Waals surface area contributed by atoms with E-state index < -0.39 is 18.4 Å². The quantitative estimate of drug-likeness (QED) is 0.463. The molecule has 0 heterocycles. The van der Waals surface area contributed by atoms with Crippen molar-refractivity contribution >= 4 is 11.9 Å². The zero-order valence-corrected chi connectivity index (χ0v) is 5.57. The summed E-state index contributed by atoms with van der Waals surface area (Å²) in [5.41, 5.74) is 0. The lowest BCUT2D eigenvalue weighted by Crippen LogP contribution is -2.03. The van der Waals surface area contributed by atoms with Crippen LogP contribution in [0, 0.1) is 0 Å². The predicted molar refractivity (Wildman–Crippen MR) is 32.6 cm³/mol. The minimum absolute atomic E-state index is 0.250. The van der Waals surface area contributed by atoms with E-state index in [1.807, 2.05) is 0 Å². The van der Waals surface area contributed by atoms with Crippen LogP contribution in [0.4, 0.5) is 0 Å². The van der Waals surface area contributed by atoms with Crippen molar-refractivity contribution in [3.05, 3.63) is 0 Å². The van der Waals surface area contributed by atoms with Crippen molar-refractivity contribution in [3.63, 3.8) is 0 Å². The van der Waals surface area contributed by atoms with Crippen LogP contribution in [0.15, 0.2) is 0 Å². The van der Waals surface area contributed by atoms with Gasteiger partial charge in [0.1, 0.15) is 6.42 Å². The summed E-state index contributed by atoms with van der Waals surface area (Å²) in [6.07, 6.45) is -0.806. The van der Waals surface area contributed by atoms with Gasteiger partial charge in [-0.15, -0.1) is 0 Å². The number of hydrogen-bond acceptors (Lipinski definition) is 3. The minimum atomic E-state index is -1.31. The Hall–Kier alpha value is -1.10. The smallest absolute Gasteiger partial charge is 0.314 e. The van der Waals surface area contributed by atoms with Crippen molar-refractivity contribution in [2.24, 2.45) is 0 Å². The van der Waals surface area contributed by atoms with E-state index in [9.17, 15) is 9.59 Å². The number of carbonyl (C=O) groups is 2. The molecule has 0 aliphatic heterocycles. The van der Waals surface area contributed by atoms with Crippen LogP contribution in [0.1, 0.15) is 13.3 Å². The van der Waals surface area contributed by atoms with Gasteiger partial charge in [0, 0.05) is 6.61 Å². The molecule has 0 aliphatic rings. The highest BCUT2D eigenvalue weighted by atomic mass is 16.4. The van der Waals surface area contributed by atoms with Crippen LogP contribution in [0.2, 0.25) is 0 Å². The number of carboxylic acids is 2. The lowest BCUT2D eigenvalue weighted by Gasteiger charge is -1.80. The Bertz CT molecular complexity index is 96.6. The Labute approximate surface area is 57.9 Å². The zero-order chi connectivity index (χ0) is 8.57. The molecule has 10 heavy (non-hydrogen) atoms. The molecule has 0 spiro atoms. The third-order valence-electron chi connectivity index (χ3n) is 0.302. The molecule has 0 rings (SSSR count). The van der Waals surface area contributed by atoms with Gasteiger partial charge in [0.2, 0.25) is 0 Å². The second-order valence-electron chi connectivity index (χ2n) is 1.28. The maximum Gasteiger partial charge on any atom is 0.314 e. The summed E-state index contributed by atoms with van der Waals surface area (Å²) in [7, 11) is 0. The van der Waals surface area contributed by atoms with E-state index >= 15 is 0 Å². The molecule has 5 heteroatoms. The van der Waals surface area contributed by atoms with Crippen LogP contribution in [0.5, 0.6) is 0 Å². The van der Waals surface area contributed by atoms with Crippen molar-refractivity contribution in [3.8, 4) is 0 Å². The van der Waals surface area contributed by atoms with E-state index in [0.29, 0.717) is 0 Å². The third-order valence-corrected chi connectivity index (χ3v) is 0.302. The van der Waals surface area contributed by atoms with E-state index in [0.717, 1.165) is 0 Å². The maximum atomic E-state index is 9.43. The first-order chi connectivity index (χ1) is 4.54. The van der Waals surface area contributed by atoms with Crippen LogP contribution in [-0.4, -0.2) is 33.9 Å². The number of hydrogen-bond donors (Lipinski definition) is 3. The van der Waals surface area contributed by atoms with Crippen LogP contribution < -0.4 is 0 Å². The standard InChI is InChI=1S/C3H4O4.C2H6O/c4-2(5)1-3(6)7;1-2-3/h1H2,(H,4,5)(H,6,7);3H,2H2,1H3. The monoisotopic (exact) mass is 150 g/mol. The van der Waals surface area contributed by atoms with Crippen LogP contribution in [-0.2, 0) is 9.59 Å². The lowest BCUT2D eigenvalue weighted by atomic mass is 10.5. The summed E-state index contributed by atoms with van der Waals surface area (Å²) in [5.74, 6) is -2.62. The Balaban J connectivity index is 0. The summed E-state index contributed by atoms with van der Waals surface area (Å²) < 4.78 is 0. The van der Waals surface area contributed by atoms with Crippen molar-refractivity contribution < 1.29 is 24.9 Å². The van der Waals surface area contributed by atoms with Gasteiger partial charge in [-0.2, -0.15) is 0 Å². The van der Waals surface area contributed by atoms with Gasteiger partial charge in [-0.25, -0.2) is 0 Å². The Morgan fingerprint density at radius 1 is 1.20 bits per heavy atom. The molecule has 0 aromatic carbocycles. The number of carboxylic acid groups (broad SMARTS) is 2. The second kappa shape index (κ2) is 7.90. The molecule has 60 valence electrons. The summed E-state index contributed by atoms with van der Waals surface area (Å²) in [5, 5.41) is 23.0. The first-order valence-corrected chi connectivity index (χ1v) is 2.59. The molecule has 0 unspecified atom stereocenters. The highest BCUT2D eigenvalue weighted by Crippen LogP contribution is 1.74. The van der Waals surface area contributed by atoms with Crippen molar-refractivity contribution in [1.82, 2.24) is 0 Å². The fourth-order valence-electron chi connectivity index (χ4n) is 0.129. The largest absolute Gasteiger partial charge is 0.481 e. The van der Waals surface area contributed by atoms with E-state index in [2.05, 4.69) is 0 Å². The van der Waals surface area contributed by atoms with Crippen LogP contribution in [0.3, 0.4) is 0 Å². The molecule has 0 atom stereocenters. The molecule has 0 saturated heterocycles. The van der Waals surface area contributed by atoms with Gasteiger partial charge in [-0.3, -0.25) is 9.59 Å². The van der Waals surface area contributed by atoms with Gasteiger partial charge >= 0.3 is 11.9 Å². The molecule has 0 aliphatic carbocycles. The topological polar surface area (TPSA) is 94.8 Å². The van der Waals surface area contributed by atoms with Gasteiger partial charge < -0.3 is 15.3 Å². The summed E-state index contributed by atoms with van der Waals surface area (Å²) in [6.45, 7) is 1.93. The summed E-state index contributed by atoms with van der Waals surface area (Å²) >= 11 is 0. The molecular weight excluding hydrogens is 140 g/mol. The summed E-state index contributed by atoms with van der Waals surface area (Å²) in [6, 6.07) is 0. The van der Waals surface area contributed by atoms with Gasteiger partial charge in [0.15, 0.2) is 0 Å². The molecule has 0 fully saturated rings. The van der Waals surface area contributed by atoms with Gasteiger partial charge in [0.25, 0.3) is 0 Å². The molecule has 0 saturated carbocycles. The first kappa shape index (κ1) is 11.7. The molecule has 0 amide bonds. The summed E-state index contributed by atoms with van der Waals surface area (Å²) in [4.78, 5) is 18.9. The lowest BCUT2D eigenvalue weighted by molar-refractivity contribution is -0.147. The fourth-order valence-corrected chi connectivity index (χ4v) is 0.129. The third kappa shape index (κ3) is 28.6. The number of aliphatic hydroxyl groups is 1. The van der Waals surface area contributed by atoms with E-state index in [1.165, 1.54) is 0 Å². The molecule has 0 bridgehead atoms. The molecule has 3 N–H and O–H groups in total. The van der Waals surface area contributed by atoms with Gasteiger partial charge in [-0.1, -0.05) is 0 Å². The number of rotatable bonds is 2. The molecular formula is C5H10O5. The predicted octanol–water partition coefficient (Wildman–Crippen LogP) is -0.456. The highest BCUT2D eigenvalue weighted by Gasteiger charge is 2.01. The van der Waals surface area contributed by atoms with Crippen LogP contribution >= 0.6 is 0 Å². The SMILES string of the molecule is CCO.O=C(O)CC(=O)O. The molecule has 5 nitrogen and oxygen atoms in total. The van der Waals surface area contributed by atoms with Gasteiger partial charge in [0.05, 0.1) is 0 Å². The molecule has 0 radical (unpaired) electrons. The van der Waals surface area contributed by atoms with Gasteiger partial charge in [-0.05, 0) is 6.92 Å². The molecule has 0 aromatic heterocycles. The number of aliphatic hydroxyl groups excluding tert-OH is 1. The van der Waals surface area contributed by atoms with Crippen molar-refractivity contribution in [2.45, 2.75) is 13.3 Å².